The first-order chi connectivity index (χ1) is 15.8. The fourth-order valence-electron chi connectivity index (χ4n) is 2.75. The number of carboxylic acids is 3. The maximum absolute atomic E-state index is 12.7. The lowest BCUT2D eigenvalue weighted by Gasteiger charge is -2.25. The van der Waals surface area contributed by atoms with Gasteiger partial charge in [-0.25, -0.2) is 4.79 Å². The maximum atomic E-state index is 12.7. The molecule has 0 aromatic heterocycles. The third-order valence-electron chi connectivity index (χ3n) is 4.64. The Morgan fingerprint density at radius 3 is 1.82 bits per heavy atom. The van der Waals surface area contributed by atoms with Crippen LogP contribution in [0.4, 0.5) is 0 Å². The van der Waals surface area contributed by atoms with Gasteiger partial charge in [0.15, 0.2) is 6.04 Å². The zero-order chi connectivity index (χ0) is 26.4. The summed E-state index contributed by atoms with van der Waals surface area (Å²) in [5.74, 6) is -7.45. The van der Waals surface area contributed by atoms with Gasteiger partial charge in [-0.15, -0.1) is 0 Å². The van der Waals surface area contributed by atoms with Gasteiger partial charge in [0.2, 0.25) is 17.7 Å². The van der Waals surface area contributed by atoms with Gasteiger partial charge in [-0.3, -0.25) is 24.0 Å². The summed E-state index contributed by atoms with van der Waals surface area (Å²) in [5.41, 5.74) is 11.1. The summed E-state index contributed by atoms with van der Waals surface area (Å²) in [6, 6.07) is -6.06. The molecule has 0 saturated heterocycles. The van der Waals surface area contributed by atoms with E-state index in [0.29, 0.717) is 19.4 Å². The molecule has 0 aliphatic rings. The van der Waals surface area contributed by atoms with Crippen LogP contribution in [0.5, 0.6) is 0 Å². The van der Waals surface area contributed by atoms with Gasteiger partial charge < -0.3 is 47.8 Å². The monoisotopic (exact) mass is 491 g/mol. The molecule has 0 rings (SSSR count). The summed E-state index contributed by atoms with van der Waals surface area (Å²) in [5, 5.41) is 42.9. The minimum atomic E-state index is -1.78. The second-order valence-corrected chi connectivity index (χ2v) is 7.61. The normalized spacial score (nSPS) is 15.2. The zero-order valence-electron chi connectivity index (χ0n) is 18.7. The van der Waals surface area contributed by atoms with Crippen molar-refractivity contribution in [3.63, 3.8) is 0 Å². The molecule has 15 nitrogen and oxygen atoms in total. The number of nitrogens with one attached hydrogen (secondary N) is 3. The van der Waals surface area contributed by atoms with Crippen molar-refractivity contribution < 1.29 is 49.2 Å². The highest BCUT2D eigenvalue weighted by molar-refractivity contribution is 5.95. The highest BCUT2D eigenvalue weighted by Gasteiger charge is 2.33. The van der Waals surface area contributed by atoms with Crippen molar-refractivity contribution in [1.82, 2.24) is 16.0 Å². The molecule has 34 heavy (non-hydrogen) atoms. The third-order valence-corrected chi connectivity index (χ3v) is 4.64. The number of nitrogens with two attached hydrogens (primary N) is 2. The number of aliphatic hydroxyl groups excluding tert-OH is 1. The van der Waals surface area contributed by atoms with Gasteiger partial charge in [0.1, 0.15) is 12.1 Å². The Morgan fingerprint density at radius 1 is 0.794 bits per heavy atom. The van der Waals surface area contributed by atoms with Gasteiger partial charge in [0.25, 0.3) is 0 Å². The fraction of sp³-hybridized carbons (Fsp3) is 0.684. The van der Waals surface area contributed by atoms with E-state index in [4.69, 9.17) is 26.8 Å². The number of hydrogen-bond donors (Lipinski definition) is 9. The summed E-state index contributed by atoms with van der Waals surface area (Å²) in [6.45, 7) is 1.47. The van der Waals surface area contributed by atoms with Crippen LogP contribution < -0.4 is 27.4 Å². The Labute approximate surface area is 195 Å². The topological polar surface area (TPSA) is 271 Å². The molecule has 0 radical (unpaired) electrons. The average Bonchev–Trinajstić information content (AvgIpc) is 2.72. The number of rotatable bonds is 17. The molecule has 11 N–H and O–H groups in total. The van der Waals surface area contributed by atoms with E-state index in [2.05, 4.69) is 10.6 Å². The second-order valence-electron chi connectivity index (χ2n) is 7.61. The lowest BCUT2D eigenvalue weighted by molar-refractivity contribution is -0.146. The van der Waals surface area contributed by atoms with E-state index in [-0.39, 0.29) is 6.42 Å². The van der Waals surface area contributed by atoms with Crippen LogP contribution in [-0.2, 0) is 28.8 Å². The van der Waals surface area contributed by atoms with E-state index < -0.39 is 85.2 Å². The van der Waals surface area contributed by atoms with Crippen LogP contribution in [0.15, 0.2) is 0 Å². The quantitative estimate of drug-likeness (QED) is 0.0905. The van der Waals surface area contributed by atoms with E-state index >= 15 is 0 Å². The van der Waals surface area contributed by atoms with Crippen LogP contribution in [0.1, 0.15) is 45.4 Å². The van der Waals surface area contributed by atoms with Crippen LogP contribution in [0.3, 0.4) is 0 Å². The van der Waals surface area contributed by atoms with Crippen LogP contribution in [0.25, 0.3) is 0 Å². The van der Waals surface area contributed by atoms with E-state index in [1.54, 1.807) is 0 Å². The maximum Gasteiger partial charge on any atom is 0.328 e. The average molecular weight is 491 g/mol. The summed E-state index contributed by atoms with van der Waals surface area (Å²) in [6.07, 6.45) is -2.04. The predicted octanol–water partition coefficient (Wildman–Crippen LogP) is -3.30. The molecule has 15 heteroatoms. The minimum absolute atomic E-state index is 0.246. The number of hydrogen-bond acceptors (Lipinski definition) is 9. The second kappa shape index (κ2) is 15.5. The molecule has 0 aromatic carbocycles. The molecular weight excluding hydrogens is 458 g/mol. The number of carboxylic acid groups (broad SMARTS) is 3. The Bertz CT molecular complexity index is 745. The number of aliphatic carboxylic acids is 3. The predicted molar refractivity (Wildman–Crippen MR) is 115 cm³/mol. The van der Waals surface area contributed by atoms with Crippen molar-refractivity contribution in [2.45, 2.75) is 75.7 Å². The van der Waals surface area contributed by atoms with Gasteiger partial charge >= 0.3 is 17.9 Å². The number of carbonyl (C=O) groups is 6. The number of carbonyl (C=O) groups excluding carboxylic acids is 3. The van der Waals surface area contributed by atoms with E-state index in [9.17, 15) is 33.9 Å². The largest absolute Gasteiger partial charge is 0.481 e. The summed E-state index contributed by atoms with van der Waals surface area (Å²) in [7, 11) is 0. The lowest BCUT2D eigenvalue weighted by atomic mass is 10.1. The Kier molecular flexibility index (Phi) is 14.0. The number of aliphatic hydroxyl groups is 1. The van der Waals surface area contributed by atoms with Crippen LogP contribution >= 0.6 is 0 Å². The molecule has 0 spiro atoms. The summed E-state index contributed by atoms with van der Waals surface area (Å²) >= 11 is 0. The molecule has 0 fully saturated rings. The summed E-state index contributed by atoms with van der Waals surface area (Å²) in [4.78, 5) is 70.7. The Balaban J connectivity index is 5.50. The molecule has 0 aliphatic heterocycles. The van der Waals surface area contributed by atoms with Gasteiger partial charge in [0.05, 0.1) is 18.6 Å². The first-order valence-corrected chi connectivity index (χ1v) is 10.5. The molecule has 0 aliphatic carbocycles. The van der Waals surface area contributed by atoms with Gasteiger partial charge in [-0.1, -0.05) is 6.42 Å². The van der Waals surface area contributed by atoms with Crippen molar-refractivity contribution in [2.24, 2.45) is 11.5 Å². The first kappa shape index (κ1) is 30.7. The van der Waals surface area contributed by atoms with E-state index in [1.807, 2.05) is 5.32 Å². The minimum Gasteiger partial charge on any atom is -0.481 e. The van der Waals surface area contributed by atoms with Crippen LogP contribution in [0, 0.1) is 0 Å². The van der Waals surface area contributed by atoms with Crippen LogP contribution in [-0.4, -0.2) is 92.9 Å². The molecular formula is C19H33N5O10. The molecule has 194 valence electrons. The molecule has 0 saturated carbocycles. The SMILES string of the molecule is CC(O)C(NC(=O)C(CC(=O)O)NC(=O)C(CCC(=O)O)NC(=O)C(N)CCCCN)C(=O)O. The smallest absolute Gasteiger partial charge is 0.328 e. The summed E-state index contributed by atoms with van der Waals surface area (Å²) < 4.78 is 0. The highest BCUT2D eigenvalue weighted by Crippen LogP contribution is 2.05. The van der Waals surface area contributed by atoms with Gasteiger partial charge in [-0.05, 0) is 32.7 Å². The zero-order valence-corrected chi connectivity index (χ0v) is 18.7. The van der Waals surface area contributed by atoms with Gasteiger partial charge in [-0.2, -0.15) is 0 Å². The van der Waals surface area contributed by atoms with Crippen molar-refractivity contribution in [1.29, 1.82) is 0 Å². The molecule has 5 unspecified atom stereocenters. The molecule has 0 bridgehead atoms. The molecule has 0 heterocycles. The Morgan fingerprint density at radius 2 is 1.35 bits per heavy atom. The number of unbranched alkanes of at least 4 members (excludes halogenated alkanes) is 1. The van der Waals surface area contributed by atoms with Crippen molar-refractivity contribution in [3.8, 4) is 0 Å². The van der Waals surface area contributed by atoms with Crippen molar-refractivity contribution >= 4 is 35.6 Å². The standard InChI is InChI=1S/C19H33N5O10/c1-9(25)15(19(33)34)24-18(32)12(8-14(28)29)23-17(31)11(5-6-13(26)27)22-16(30)10(21)4-2-3-7-20/h9-12,15,25H,2-8,20-21H2,1H3,(H,22,30)(H,23,31)(H,24,32)(H,26,27)(H,28,29)(H,33,34). The van der Waals surface area contributed by atoms with Crippen molar-refractivity contribution in [3.05, 3.63) is 0 Å². The molecule has 0 aromatic rings. The molecule has 3 amide bonds. The van der Waals surface area contributed by atoms with Crippen molar-refractivity contribution in [2.75, 3.05) is 6.54 Å². The first-order valence-electron chi connectivity index (χ1n) is 10.5. The lowest BCUT2D eigenvalue weighted by Crippen LogP contribution is -2.58. The Hall–Kier alpha value is -3.30. The molecule has 5 atom stereocenters. The fourth-order valence-corrected chi connectivity index (χ4v) is 2.75. The van der Waals surface area contributed by atoms with E-state index in [1.165, 1.54) is 0 Å². The van der Waals surface area contributed by atoms with Crippen LogP contribution in [0.2, 0.25) is 0 Å². The van der Waals surface area contributed by atoms with Gasteiger partial charge in [0, 0.05) is 6.42 Å². The number of amides is 3. The van der Waals surface area contributed by atoms with E-state index in [0.717, 1.165) is 6.92 Å². The third kappa shape index (κ3) is 12.1. The highest BCUT2D eigenvalue weighted by atomic mass is 16.4.